The quantitative estimate of drug-likeness (QED) is 0.705. The van der Waals surface area contributed by atoms with Crippen molar-refractivity contribution in [3.05, 3.63) is 0 Å². The minimum absolute atomic E-state index is 0.0345. The molecule has 0 spiro atoms. The number of carbonyl (C=O) groups is 2. The third kappa shape index (κ3) is 5.38. The molecule has 0 saturated carbocycles. The number of primary amides is 1. The van der Waals surface area contributed by atoms with Gasteiger partial charge in [-0.3, -0.25) is 4.79 Å². The molecule has 5 nitrogen and oxygen atoms in total. The highest BCUT2D eigenvalue weighted by Gasteiger charge is 2.23. The fourth-order valence-electron chi connectivity index (χ4n) is 2.32. The number of urea groups is 1. The molecule has 0 unspecified atom stereocenters. The minimum Gasteiger partial charge on any atom is -0.370 e. The van der Waals surface area contributed by atoms with Crippen LogP contribution in [0.1, 0.15) is 45.4 Å². The molecule has 3 amide bonds. The summed E-state index contributed by atoms with van der Waals surface area (Å²) in [6.07, 6.45) is 5.44. The first-order valence-corrected chi connectivity index (χ1v) is 6.94. The predicted molar refractivity (Wildman–Crippen MR) is 71.0 cm³/mol. The Morgan fingerprint density at radius 2 is 2.22 bits per heavy atom. The molecule has 1 atom stereocenters. The normalized spacial score (nSPS) is 19.6. The summed E-state index contributed by atoms with van der Waals surface area (Å²) in [7, 11) is 0. The summed E-state index contributed by atoms with van der Waals surface area (Å²) in [5, 5.41) is 2.93. The number of rotatable bonds is 6. The monoisotopic (exact) mass is 255 g/mol. The lowest BCUT2D eigenvalue weighted by molar-refractivity contribution is -0.118. The third-order valence-corrected chi connectivity index (χ3v) is 3.41. The topological polar surface area (TPSA) is 75.4 Å². The van der Waals surface area contributed by atoms with Crippen LogP contribution in [0, 0.1) is 5.92 Å². The van der Waals surface area contributed by atoms with E-state index in [4.69, 9.17) is 5.73 Å². The highest BCUT2D eigenvalue weighted by Crippen LogP contribution is 2.20. The van der Waals surface area contributed by atoms with Gasteiger partial charge in [0, 0.05) is 26.1 Å². The van der Waals surface area contributed by atoms with Gasteiger partial charge in [0.2, 0.25) is 5.91 Å². The van der Waals surface area contributed by atoms with E-state index >= 15 is 0 Å². The number of likely N-dealkylation sites (tertiary alicyclic amines) is 1. The summed E-state index contributed by atoms with van der Waals surface area (Å²) in [5.74, 6) is 0.169. The Hall–Kier alpha value is -1.26. The maximum atomic E-state index is 11.9. The Labute approximate surface area is 109 Å². The van der Waals surface area contributed by atoms with Gasteiger partial charge in [-0.25, -0.2) is 4.79 Å². The molecule has 5 heteroatoms. The van der Waals surface area contributed by atoms with Gasteiger partial charge in [-0.05, 0) is 31.6 Å². The smallest absolute Gasteiger partial charge is 0.317 e. The van der Waals surface area contributed by atoms with Crippen LogP contribution < -0.4 is 11.1 Å². The van der Waals surface area contributed by atoms with Crippen LogP contribution in [0.3, 0.4) is 0 Å². The number of hydrogen-bond donors (Lipinski definition) is 2. The number of piperidine rings is 1. The van der Waals surface area contributed by atoms with Crippen LogP contribution in [0.5, 0.6) is 0 Å². The van der Waals surface area contributed by atoms with Gasteiger partial charge < -0.3 is 16.0 Å². The molecule has 1 heterocycles. The summed E-state index contributed by atoms with van der Waals surface area (Å²) in [6.45, 7) is 4.43. The van der Waals surface area contributed by atoms with Crippen LogP contribution in [-0.2, 0) is 4.79 Å². The summed E-state index contributed by atoms with van der Waals surface area (Å²) in [4.78, 5) is 24.5. The molecule has 3 N–H and O–H groups in total. The van der Waals surface area contributed by atoms with Crippen molar-refractivity contribution in [2.45, 2.75) is 45.4 Å². The van der Waals surface area contributed by atoms with Crippen molar-refractivity contribution in [2.24, 2.45) is 11.7 Å². The van der Waals surface area contributed by atoms with Crippen LogP contribution in [0.2, 0.25) is 0 Å². The fraction of sp³-hybridized carbons (Fsp3) is 0.846. The summed E-state index contributed by atoms with van der Waals surface area (Å²) < 4.78 is 0. The Kier molecular flexibility index (Phi) is 6.54. The van der Waals surface area contributed by atoms with Gasteiger partial charge in [-0.2, -0.15) is 0 Å². The molecule has 1 aliphatic heterocycles. The van der Waals surface area contributed by atoms with E-state index in [1.165, 1.54) is 0 Å². The molecular weight excluding hydrogens is 230 g/mol. The first-order chi connectivity index (χ1) is 8.63. The lowest BCUT2D eigenvalue weighted by atomic mass is 9.93. The van der Waals surface area contributed by atoms with Crippen molar-refractivity contribution in [1.29, 1.82) is 0 Å². The van der Waals surface area contributed by atoms with Gasteiger partial charge in [0.25, 0.3) is 0 Å². The lowest BCUT2D eigenvalue weighted by Gasteiger charge is -2.32. The molecule has 1 rings (SSSR count). The standard InChI is InChI=1S/C13H25N3O2/c1-2-3-8-15-13(18)16-9-4-5-11(10-16)6-7-12(14)17/h11H,2-10H2,1H3,(H2,14,17)(H,15,18)/t11-/m0/s1. The number of amides is 3. The van der Waals surface area contributed by atoms with Gasteiger partial charge in [-0.1, -0.05) is 13.3 Å². The Morgan fingerprint density at radius 1 is 1.44 bits per heavy atom. The zero-order valence-corrected chi connectivity index (χ0v) is 11.3. The Morgan fingerprint density at radius 3 is 2.89 bits per heavy atom. The predicted octanol–water partition coefficient (Wildman–Crippen LogP) is 1.47. The van der Waals surface area contributed by atoms with Crippen LogP contribution >= 0.6 is 0 Å². The number of nitrogens with two attached hydrogens (primary N) is 1. The van der Waals surface area contributed by atoms with Crippen molar-refractivity contribution in [3.8, 4) is 0 Å². The average molecular weight is 255 g/mol. The van der Waals surface area contributed by atoms with E-state index in [2.05, 4.69) is 12.2 Å². The van der Waals surface area contributed by atoms with Crippen LogP contribution in [0.15, 0.2) is 0 Å². The number of nitrogens with one attached hydrogen (secondary N) is 1. The van der Waals surface area contributed by atoms with Crippen molar-refractivity contribution in [3.63, 3.8) is 0 Å². The van der Waals surface area contributed by atoms with Gasteiger partial charge in [-0.15, -0.1) is 0 Å². The minimum atomic E-state index is -0.250. The zero-order chi connectivity index (χ0) is 13.4. The van der Waals surface area contributed by atoms with Crippen LogP contribution in [0.4, 0.5) is 4.79 Å². The first-order valence-electron chi connectivity index (χ1n) is 6.94. The molecule has 1 fully saturated rings. The van der Waals surface area contributed by atoms with Gasteiger partial charge in [0.15, 0.2) is 0 Å². The van der Waals surface area contributed by atoms with Crippen molar-refractivity contribution in [2.75, 3.05) is 19.6 Å². The fourth-order valence-corrected chi connectivity index (χ4v) is 2.32. The molecule has 0 aromatic heterocycles. The number of unbranched alkanes of at least 4 members (excludes halogenated alkanes) is 1. The maximum absolute atomic E-state index is 11.9. The van der Waals surface area contributed by atoms with E-state index < -0.39 is 0 Å². The molecule has 1 aliphatic rings. The third-order valence-electron chi connectivity index (χ3n) is 3.41. The van der Waals surface area contributed by atoms with Crippen molar-refractivity contribution in [1.82, 2.24) is 10.2 Å². The summed E-state index contributed by atoms with van der Waals surface area (Å²) in [6, 6.07) is 0.0345. The molecule has 0 bridgehead atoms. The number of carbonyl (C=O) groups excluding carboxylic acids is 2. The number of nitrogens with zero attached hydrogens (tertiary/aromatic N) is 1. The zero-order valence-electron chi connectivity index (χ0n) is 11.3. The van der Waals surface area contributed by atoms with Gasteiger partial charge in [0.05, 0.1) is 0 Å². The van der Waals surface area contributed by atoms with E-state index in [0.717, 1.165) is 51.7 Å². The van der Waals surface area contributed by atoms with E-state index in [9.17, 15) is 9.59 Å². The largest absolute Gasteiger partial charge is 0.370 e. The second kappa shape index (κ2) is 7.95. The summed E-state index contributed by atoms with van der Waals surface area (Å²) in [5.41, 5.74) is 5.15. The molecule has 0 aliphatic carbocycles. The van der Waals surface area contributed by atoms with E-state index in [1.807, 2.05) is 4.90 Å². The van der Waals surface area contributed by atoms with E-state index in [-0.39, 0.29) is 11.9 Å². The SMILES string of the molecule is CCCCNC(=O)N1CCC[C@@H](CCC(N)=O)C1. The maximum Gasteiger partial charge on any atom is 0.317 e. The summed E-state index contributed by atoms with van der Waals surface area (Å²) >= 11 is 0. The highest BCUT2D eigenvalue weighted by atomic mass is 16.2. The van der Waals surface area contributed by atoms with Gasteiger partial charge in [0.1, 0.15) is 0 Å². The molecule has 1 saturated heterocycles. The van der Waals surface area contributed by atoms with Crippen molar-refractivity contribution < 1.29 is 9.59 Å². The van der Waals surface area contributed by atoms with Crippen LogP contribution in [-0.4, -0.2) is 36.5 Å². The second-order valence-electron chi connectivity index (χ2n) is 5.04. The second-order valence-corrected chi connectivity index (χ2v) is 5.04. The van der Waals surface area contributed by atoms with Gasteiger partial charge >= 0.3 is 6.03 Å². The van der Waals surface area contributed by atoms with Crippen molar-refractivity contribution >= 4 is 11.9 Å². The first kappa shape index (κ1) is 14.8. The Balaban J connectivity index is 2.28. The Bertz CT molecular complexity index is 281. The molecular formula is C13H25N3O2. The number of hydrogen-bond acceptors (Lipinski definition) is 2. The average Bonchev–Trinajstić information content (AvgIpc) is 2.37. The molecule has 0 aromatic rings. The molecule has 0 aromatic carbocycles. The lowest BCUT2D eigenvalue weighted by Crippen LogP contribution is -2.45. The highest BCUT2D eigenvalue weighted by molar-refractivity contribution is 5.74. The van der Waals surface area contributed by atoms with Crippen LogP contribution in [0.25, 0.3) is 0 Å². The molecule has 0 radical (unpaired) electrons. The molecule has 18 heavy (non-hydrogen) atoms. The molecule has 104 valence electrons. The van der Waals surface area contributed by atoms with E-state index in [1.54, 1.807) is 0 Å². The van der Waals surface area contributed by atoms with E-state index in [0.29, 0.717) is 12.3 Å².